The predicted octanol–water partition coefficient (Wildman–Crippen LogP) is 6.93. The van der Waals surface area contributed by atoms with Crippen LogP contribution in [0, 0.1) is 0 Å². The Bertz CT molecular complexity index is 356. The minimum Gasteiger partial charge on any atom is -0.335 e. The van der Waals surface area contributed by atoms with E-state index in [4.69, 9.17) is 0 Å². The van der Waals surface area contributed by atoms with E-state index in [0.717, 1.165) is 13.0 Å². The summed E-state index contributed by atoms with van der Waals surface area (Å²) in [6, 6.07) is 0. The van der Waals surface area contributed by atoms with Gasteiger partial charge in [-0.05, 0) is 12.8 Å². The average molecular weight is 321 g/mol. The number of nitrogens with zero attached hydrogens (tertiary/aromatic N) is 2. The standard InChI is InChI=1S/C21H40N2/c1-3-5-7-8-9-10-11-12-13-14-15-16-19-23-20-18-22-21(23)17-6-4-2/h18,20H,3-17,19H2,1-2H3. The molecule has 0 radical (unpaired) electrons. The molecule has 0 aliphatic rings. The van der Waals surface area contributed by atoms with E-state index in [2.05, 4.69) is 29.6 Å². The summed E-state index contributed by atoms with van der Waals surface area (Å²) in [5, 5.41) is 0. The molecule has 0 atom stereocenters. The predicted molar refractivity (Wildman–Crippen MR) is 102 cm³/mol. The van der Waals surface area contributed by atoms with Crippen LogP contribution in [0.3, 0.4) is 0 Å². The summed E-state index contributed by atoms with van der Waals surface area (Å²) in [5.41, 5.74) is 0. The summed E-state index contributed by atoms with van der Waals surface area (Å²) in [6.45, 7) is 5.70. The lowest BCUT2D eigenvalue weighted by molar-refractivity contribution is 0.521. The summed E-state index contributed by atoms with van der Waals surface area (Å²) in [6.07, 6.45) is 24.8. The Morgan fingerprint density at radius 1 is 0.696 bits per heavy atom. The fourth-order valence-corrected chi connectivity index (χ4v) is 3.23. The van der Waals surface area contributed by atoms with E-state index in [-0.39, 0.29) is 0 Å². The second kappa shape index (κ2) is 14.8. The van der Waals surface area contributed by atoms with Crippen molar-refractivity contribution < 1.29 is 0 Å². The zero-order chi connectivity index (χ0) is 16.6. The van der Waals surface area contributed by atoms with Crippen molar-refractivity contribution in [1.82, 2.24) is 9.55 Å². The van der Waals surface area contributed by atoms with Gasteiger partial charge < -0.3 is 4.57 Å². The van der Waals surface area contributed by atoms with Crippen molar-refractivity contribution in [3.63, 3.8) is 0 Å². The summed E-state index contributed by atoms with van der Waals surface area (Å²) in [5.74, 6) is 1.29. The van der Waals surface area contributed by atoms with Crippen molar-refractivity contribution in [3.05, 3.63) is 18.2 Å². The van der Waals surface area contributed by atoms with Crippen LogP contribution in [0.4, 0.5) is 0 Å². The molecule has 0 unspecified atom stereocenters. The second-order valence-corrected chi connectivity index (χ2v) is 7.03. The highest BCUT2D eigenvalue weighted by Crippen LogP contribution is 2.12. The highest BCUT2D eigenvalue weighted by Gasteiger charge is 2.01. The van der Waals surface area contributed by atoms with E-state index < -0.39 is 0 Å². The van der Waals surface area contributed by atoms with Gasteiger partial charge in [-0.3, -0.25) is 0 Å². The lowest BCUT2D eigenvalue weighted by Gasteiger charge is -2.07. The van der Waals surface area contributed by atoms with Crippen LogP contribution in [0.1, 0.15) is 110 Å². The first-order chi connectivity index (χ1) is 11.4. The van der Waals surface area contributed by atoms with Gasteiger partial charge in [0.1, 0.15) is 5.82 Å². The lowest BCUT2D eigenvalue weighted by Crippen LogP contribution is -2.03. The normalized spacial score (nSPS) is 11.2. The zero-order valence-electron chi connectivity index (χ0n) is 15.9. The van der Waals surface area contributed by atoms with E-state index in [1.54, 1.807) is 0 Å². The summed E-state index contributed by atoms with van der Waals surface area (Å²) < 4.78 is 2.37. The van der Waals surface area contributed by atoms with Gasteiger partial charge in [0.15, 0.2) is 0 Å². The Hall–Kier alpha value is -0.790. The van der Waals surface area contributed by atoms with Crippen molar-refractivity contribution >= 4 is 0 Å². The number of rotatable bonds is 16. The monoisotopic (exact) mass is 320 g/mol. The largest absolute Gasteiger partial charge is 0.335 e. The maximum Gasteiger partial charge on any atom is 0.108 e. The molecule has 2 nitrogen and oxygen atoms in total. The van der Waals surface area contributed by atoms with Gasteiger partial charge in [-0.15, -0.1) is 0 Å². The summed E-state index contributed by atoms with van der Waals surface area (Å²) in [7, 11) is 0. The minimum absolute atomic E-state index is 1.14. The SMILES string of the molecule is CCCCCCCCCCCCCCn1ccnc1CCCC. The molecule has 23 heavy (non-hydrogen) atoms. The molecule has 0 aliphatic heterocycles. The Balaban J connectivity index is 1.89. The van der Waals surface area contributed by atoms with Gasteiger partial charge in [-0.25, -0.2) is 4.98 Å². The molecule has 0 fully saturated rings. The van der Waals surface area contributed by atoms with Crippen LogP contribution in [-0.4, -0.2) is 9.55 Å². The zero-order valence-corrected chi connectivity index (χ0v) is 15.9. The second-order valence-electron chi connectivity index (χ2n) is 7.03. The summed E-state index contributed by atoms with van der Waals surface area (Å²) >= 11 is 0. The highest BCUT2D eigenvalue weighted by atomic mass is 15.1. The first-order valence-corrected chi connectivity index (χ1v) is 10.4. The molecule has 1 rings (SSSR count). The van der Waals surface area contributed by atoms with Crippen molar-refractivity contribution in [2.75, 3.05) is 0 Å². The van der Waals surface area contributed by atoms with Crippen molar-refractivity contribution in [2.45, 2.75) is 117 Å². The van der Waals surface area contributed by atoms with Crippen molar-refractivity contribution in [1.29, 1.82) is 0 Å². The van der Waals surface area contributed by atoms with E-state index in [9.17, 15) is 0 Å². The third-order valence-corrected chi connectivity index (χ3v) is 4.81. The molecule has 0 aromatic carbocycles. The third-order valence-electron chi connectivity index (χ3n) is 4.81. The van der Waals surface area contributed by atoms with Crippen molar-refractivity contribution in [2.24, 2.45) is 0 Å². The molecule has 2 heteroatoms. The fraction of sp³-hybridized carbons (Fsp3) is 0.857. The molecule has 0 aliphatic carbocycles. The van der Waals surface area contributed by atoms with Gasteiger partial charge in [-0.2, -0.15) is 0 Å². The average Bonchev–Trinajstić information content (AvgIpc) is 3.01. The number of hydrogen-bond acceptors (Lipinski definition) is 1. The Morgan fingerprint density at radius 2 is 1.22 bits per heavy atom. The molecule has 1 heterocycles. The molecule has 0 spiro atoms. The number of imidazole rings is 1. The quantitative estimate of drug-likeness (QED) is 0.302. The molecular weight excluding hydrogens is 280 g/mol. The van der Waals surface area contributed by atoms with Gasteiger partial charge in [0.25, 0.3) is 0 Å². The first kappa shape index (κ1) is 20.3. The topological polar surface area (TPSA) is 17.8 Å². The van der Waals surface area contributed by atoms with Gasteiger partial charge in [0.05, 0.1) is 0 Å². The summed E-state index contributed by atoms with van der Waals surface area (Å²) in [4.78, 5) is 4.49. The molecule has 134 valence electrons. The Kier molecular flexibility index (Phi) is 13.0. The highest BCUT2D eigenvalue weighted by molar-refractivity contribution is 4.92. The first-order valence-electron chi connectivity index (χ1n) is 10.4. The molecule has 0 bridgehead atoms. The minimum atomic E-state index is 1.14. The van der Waals surface area contributed by atoms with Gasteiger partial charge in [0, 0.05) is 25.4 Å². The molecule has 0 amide bonds. The number of aryl methyl sites for hydroxylation is 2. The smallest absolute Gasteiger partial charge is 0.108 e. The van der Waals surface area contributed by atoms with Gasteiger partial charge >= 0.3 is 0 Å². The van der Waals surface area contributed by atoms with Crippen LogP contribution in [-0.2, 0) is 13.0 Å². The van der Waals surface area contributed by atoms with E-state index in [0.29, 0.717) is 0 Å². The Labute approximate surface area is 145 Å². The van der Waals surface area contributed by atoms with E-state index in [1.165, 1.54) is 95.7 Å². The molecule has 0 N–H and O–H groups in total. The molecule has 0 saturated carbocycles. The number of aromatic nitrogens is 2. The fourth-order valence-electron chi connectivity index (χ4n) is 3.23. The number of unbranched alkanes of at least 4 members (excludes halogenated alkanes) is 12. The van der Waals surface area contributed by atoms with Crippen LogP contribution in [0.25, 0.3) is 0 Å². The molecule has 1 aromatic rings. The third kappa shape index (κ3) is 10.6. The number of hydrogen-bond donors (Lipinski definition) is 0. The molecule has 0 saturated heterocycles. The molecular formula is C21H40N2. The lowest BCUT2D eigenvalue weighted by atomic mass is 10.1. The van der Waals surface area contributed by atoms with Crippen LogP contribution >= 0.6 is 0 Å². The van der Waals surface area contributed by atoms with Crippen LogP contribution < -0.4 is 0 Å². The van der Waals surface area contributed by atoms with Gasteiger partial charge in [-0.1, -0.05) is 90.9 Å². The Morgan fingerprint density at radius 3 is 1.78 bits per heavy atom. The van der Waals surface area contributed by atoms with E-state index in [1.807, 2.05) is 6.20 Å². The van der Waals surface area contributed by atoms with Gasteiger partial charge in [0.2, 0.25) is 0 Å². The van der Waals surface area contributed by atoms with Crippen molar-refractivity contribution in [3.8, 4) is 0 Å². The van der Waals surface area contributed by atoms with Crippen LogP contribution in [0.5, 0.6) is 0 Å². The maximum atomic E-state index is 4.49. The van der Waals surface area contributed by atoms with Crippen LogP contribution in [0.2, 0.25) is 0 Å². The van der Waals surface area contributed by atoms with Crippen LogP contribution in [0.15, 0.2) is 12.4 Å². The molecule has 1 aromatic heterocycles. The maximum absolute atomic E-state index is 4.49. The van der Waals surface area contributed by atoms with E-state index >= 15 is 0 Å².